The van der Waals surface area contributed by atoms with Crippen LogP contribution < -0.4 is 5.32 Å². The minimum atomic E-state index is 0.0531. The lowest BCUT2D eigenvalue weighted by molar-refractivity contribution is 0.0674. The number of carbonyl (C=O) groups excluding carboxylic acids is 1. The highest BCUT2D eigenvalue weighted by Gasteiger charge is 2.26. The van der Waals surface area contributed by atoms with E-state index in [4.69, 9.17) is 0 Å². The van der Waals surface area contributed by atoms with Gasteiger partial charge in [-0.15, -0.1) is 0 Å². The van der Waals surface area contributed by atoms with Gasteiger partial charge < -0.3 is 10.2 Å². The molecule has 1 amide bonds. The summed E-state index contributed by atoms with van der Waals surface area (Å²) in [6.07, 6.45) is 3.45. The lowest BCUT2D eigenvalue weighted by Crippen LogP contribution is -2.55. The van der Waals surface area contributed by atoms with Gasteiger partial charge in [-0.1, -0.05) is 18.2 Å². The maximum absolute atomic E-state index is 12.6. The molecule has 21 heavy (non-hydrogen) atoms. The summed E-state index contributed by atoms with van der Waals surface area (Å²) in [5, 5.41) is 7.73. The zero-order valence-electron chi connectivity index (χ0n) is 12.4. The molecule has 0 saturated carbocycles. The molecule has 0 spiro atoms. The van der Waals surface area contributed by atoms with Crippen molar-refractivity contribution in [3.05, 3.63) is 48.3 Å². The Morgan fingerprint density at radius 2 is 1.86 bits per heavy atom. The molecule has 2 aromatic rings. The Labute approximate surface area is 124 Å². The summed E-state index contributed by atoms with van der Waals surface area (Å²) in [7, 11) is 0. The van der Waals surface area contributed by atoms with Crippen molar-refractivity contribution in [3.63, 3.8) is 0 Å². The second-order valence-electron chi connectivity index (χ2n) is 5.69. The van der Waals surface area contributed by atoms with E-state index in [0.717, 1.165) is 18.8 Å². The molecule has 2 atom stereocenters. The summed E-state index contributed by atoms with van der Waals surface area (Å²) in [6, 6.07) is 10.5. The molecular weight excluding hydrogens is 264 g/mol. The average molecular weight is 284 g/mol. The fraction of sp³-hybridized carbons (Fsp3) is 0.375. The van der Waals surface area contributed by atoms with Gasteiger partial charge in [0.15, 0.2) is 0 Å². The first kappa shape index (κ1) is 13.8. The molecule has 5 nitrogen and oxygen atoms in total. The van der Waals surface area contributed by atoms with Crippen LogP contribution in [0.5, 0.6) is 0 Å². The zero-order chi connectivity index (χ0) is 14.8. The monoisotopic (exact) mass is 284 g/mol. The number of aromatic nitrogens is 2. The molecule has 0 aliphatic carbocycles. The molecular formula is C16H20N4O. The van der Waals surface area contributed by atoms with Crippen molar-refractivity contribution in [2.24, 2.45) is 0 Å². The third-order valence-corrected chi connectivity index (χ3v) is 3.70. The molecule has 1 aliphatic heterocycles. The summed E-state index contributed by atoms with van der Waals surface area (Å²) >= 11 is 0. The fourth-order valence-electron chi connectivity index (χ4n) is 2.83. The number of nitrogens with one attached hydrogen (secondary N) is 1. The highest BCUT2D eigenvalue weighted by atomic mass is 16.2. The summed E-state index contributed by atoms with van der Waals surface area (Å²) in [5.74, 6) is 0.0531. The summed E-state index contributed by atoms with van der Waals surface area (Å²) in [4.78, 5) is 14.5. The van der Waals surface area contributed by atoms with Crippen LogP contribution in [-0.4, -0.2) is 45.8 Å². The number of carbonyl (C=O) groups is 1. The molecule has 1 N–H and O–H groups in total. The van der Waals surface area contributed by atoms with Crippen molar-refractivity contribution >= 4 is 5.91 Å². The SMILES string of the molecule is CC1CN(C(=O)c2cnn(-c3ccccc3)c2)CC(C)N1. The van der Waals surface area contributed by atoms with Gasteiger partial charge in [0.25, 0.3) is 5.91 Å². The van der Waals surface area contributed by atoms with E-state index in [1.807, 2.05) is 35.2 Å². The summed E-state index contributed by atoms with van der Waals surface area (Å²) < 4.78 is 1.74. The fourth-order valence-corrected chi connectivity index (χ4v) is 2.83. The number of amides is 1. The third-order valence-electron chi connectivity index (χ3n) is 3.70. The van der Waals surface area contributed by atoms with E-state index in [9.17, 15) is 4.79 Å². The standard InChI is InChI=1S/C16H20N4O/c1-12-9-19(10-13(2)18-12)16(21)14-8-17-20(11-14)15-6-4-3-5-7-15/h3-8,11-13,18H,9-10H2,1-2H3. The molecule has 110 valence electrons. The second kappa shape index (κ2) is 5.69. The topological polar surface area (TPSA) is 50.2 Å². The number of para-hydroxylation sites is 1. The average Bonchev–Trinajstić information content (AvgIpc) is 2.96. The number of benzene rings is 1. The van der Waals surface area contributed by atoms with Gasteiger partial charge in [-0.05, 0) is 26.0 Å². The Morgan fingerprint density at radius 1 is 1.19 bits per heavy atom. The number of hydrogen-bond acceptors (Lipinski definition) is 3. The van der Waals surface area contributed by atoms with Gasteiger partial charge in [0, 0.05) is 31.4 Å². The van der Waals surface area contributed by atoms with E-state index in [1.54, 1.807) is 17.1 Å². The smallest absolute Gasteiger partial charge is 0.257 e. The number of rotatable bonds is 2. The van der Waals surface area contributed by atoms with Crippen LogP contribution in [0.2, 0.25) is 0 Å². The normalized spacial score (nSPS) is 22.3. The lowest BCUT2D eigenvalue weighted by atomic mass is 10.1. The molecule has 2 unspecified atom stereocenters. The Hall–Kier alpha value is -2.14. The molecule has 1 aromatic carbocycles. The van der Waals surface area contributed by atoms with Crippen molar-refractivity contribution in [3.8, 4) is 5.69 Å². The van der Waals surface area contributed by atoms with Crippen LogP contribution in [0, 0.1) is 0 Å². The maximum atomic E-state index is 12.6. The van der Waals surface area contributed by atoms with Crippen molar-refractivity contribution < 1.29 is 4.79 Å². The Balaban J connectivity index is 1.78. The van der Waals surface area contributed by atoms with Crippen LogP contribution in [0.3, 0.4) is 0 Å². The predicted octanol–water partition coefficient (Wildman–Crippen LogP) is 1.69. The highest BCUT2D eigenvalue weighted by molar-refractivity contribution is 5.94. The predicted molar refractivity (Wildman–Crippen MR) is 81.5 cm³/mol. The minimum absolute atomic E-state index is 0.0531. The molecule has 0 radical (unpaired) electrons. The number of nitrogens with zero attached hydrogens (tertiary/aromatic N) is 3. The maximum Gasteiger partial charge on any atom is 0.257 e. The van der Waals surface area contributed by atoms with Gasteiger partial charge in [0.1, 0.15) is 0 Å². The van der Waals surface area contributed by atoms with Crippen molar-refractivity contribution in [1.82, 2.24) is 20.0 Å². The van der Waals surface area contributed by atoms with Gasteiger partial charge in [-0.25, -0.2) is 4.68 Å². The molecule has 2 heterocycles. The highest BCUT2D eigenvalue weighted by Crippen LogP contribution is 2.12. The van der Waals surface area contributed by atoms with Crippen LogP contribution in [0.1, 0.15) is 24.2 Å². The molecule has 1 fully saturated rings. The van der Waals surface area contributed by atoms with E-state index >= 15 is 0 Å². The van der Waals surface area contributed by atoms with Crippen molar-refractivity contribution in [2.75, 3.05) is 13.1 Å². The van der Waals surface area contributed by atoms with Gasteiger partial charge in [-0.2, -0.15) is 5.10 Å². The van der Waals surface area contributed by atoms with E-state index < -0.39 is 0 Å². The van der Waals surface area contributed by atoms with Crippen LogP contribution in [-0.2, 0) is 0 Å². The Kier molecular flexibility index (Phi) is 3.75. The van der Waals surface area contributed by atoms with Crippen LogP contribution in [0.15, 0.2) is 42.7 Å². The minimum Gasteiger partial charge on any atom is -0.335 e. The third kappa shape index (κ3) is 2.97. The van der Waals surface area contributed by atoms with Gasteiger partial charge in [-0.3, -0.25) is 4.79 Å². The largest absolute Gasteiger partial charge is 0.335 e. The van der Waals surface area contributed by atoms with E-state index in [1.165, 1.54) is 0 Å². The van der Waals surface area contributed by atoms with E-state index in [-0.39, 0.29) is 5.91 Å². The molecule has 1 aromatic heterocycles. The molecule has 0 bridgehead atoms. The van der Waals surface area contributed by atoms with E-state index in [2.05, 4.69) is 24.3 Å². The van der Waals surface area contributed by atoms with Gasteiger partial charge >= 0.3 is 0 Å². The van der Waals surface area contributed by atoms with Crippen LogP contribution in [0.4, 0.5) is 0 Å². The van der Waals surface area contributed by atoms with Gasteiger partial charge in [0.05, 0.1) is 17.4 Å². The van der Waals surface area contributed by atoms with E-state index in [0.29, 0.717) is 17.6 Å². The van der Waals surface area contributed by atoms with Crippen molar-refractivity contribution in [2.45, 2.75) is 25.9 Å². The molecule has 5 heteroatoms. The first-order chi connectivity index (χ1) is 10.1. The summed E-state index contributed by atoms with van der Waals surface area (Å²) in [5.41, 5.74) is 1.60. The zero-order valence-corrected chi connectivity index (χ0v) is 12.4. The second-order valence-corrected chi connectivity index (χ2v) is 5.69. The van der Waals surface area contributed by atoms with Crippen molar-refractivity contribution in [1.29, 1.82) is 0 Å². The first-order valence-electron chi connectivity index (χ1n) is 7.29. The Bertz CT molecular complexity index is 612. The molecule has 3 rings (SSSR count). The number of piperazine rings is 1. The lowest BCUT2D eigenvalue weighted by Gasteiger charge is -2.35. The molecule has 1 saturated heterocycles. The first-order valence-corrected chi connectivity index (χ1v) is 7.29. The van der Waals surface area contributed by atoms with Gasteiger partial charge in [0.2, 0.25) is 0 Å². The number of hydrogen-bond donors (Lipinski definition) is 1. The summed E-state index contributed by atoms with van der Waals surface area (Å²) in [6.45, 7) is 5.67. The van der Waals surface area contributed by atoms with Crippen LogP contribution in [0.25, 0.3) is 5.69 Å². The Morgan fingerprint density at radius 3 is 2.52 bits per heavy atom. The van der Waals surface area contributed by atoms with Crippen LogP contribution >= 0.6 is 0 Å². The molecule has 1 aliphatic rings. The quantitative estimate of drug-likeness (QED) is 0.913.